The Morgan fingerprint density at radius 3 is 2.48 bits per heavy atom. The fourth-order valence-electron chi connectivity index (χ4n) is 5.56. The van der Waals surface area contributed by atoms with Gasteiger partial charge in [-0.1, -0.05) is 24.3 Å². The van der Waals surface area contributed by atoms with E-state index in [1.165, 1.54) is 0 Å². The Morgan fingerprint density at radius 2 is 1.76 bits per heavy atom. The molecule has 0 radical (unpaired) electrons. The van der Waals surface area contributed by atoms with E-state index in [1.807, 2.05) is 98.5 Å². The SMILES string of the molecule is COc1cc(OC2CCC(NC(=O)OC(C)(C)C)CC2)cc2c(-c3cc4ccccc4o3)cnc(-[n+]3ccccc3)c12. The van der Waals surface area contributed by atoms with Crippen LogP contribution in [0.1, 0.15) is 46.5 Å². The molecular weight excluding hydrogens is 530 g/mol. The van der Waals surface area contributed by atoms with Gasteiger partial charge >= 0.3 is 11.9 Å². The number of nitrogens with zero attached hydrogens (tertiary/aromatic N) is 2. The van der Waals surface area contributed by atoms with E-state index in [-0.39, 0.29) is 18.2 Å². The highest BCUT2D eigenvalue weighted by Gasteiger charge is 2.28. The van der Waals surface area contributed by atoms with Crippen LogP contribution < -0.4 is 19.4 Å². The summed E-state index contributed by atoms with van der Waals surface area (Å²) < 4.78 is 26.2. The molecule has 1 amide bonds. The van der Waals surface area contributed by atoms with Crippen molar-refractivity contribution in [3.8, 4) is 28.6 Å². The average molecular weight is 567 g/mol. The van der Waals surface area contributed by atoms with Crippen LogP contribution in [0.15, 0.2) is 83.7 Å². The third-order valence-electron chi connectivity index (χ3n) is 7.47. The van der Waals surface area contributed by atoms with Gasteiger partial charge in [0.15, 0.2) is 6.20 Å². The number of amides is 1. The molecule has 0 spiro atoms. The van der Waals surface area contributed by atoms with Gasteiger partial charge in [0.05, 0.1) is 31.2 Å². The van der Waals surface area contributed by atoms with Gasteiger partial charge in [-0.2, -0.15) is 0 Å². The lowest BCUT2D eigenvalue weighted by atomic mass is 9.93. The van der Waals surface area contributed by atoms with E-state index >= 15 is 0 Å². The predicted octanol–water partition coefficient (Wildman–Crippen LogP) is 7.15. The van der Waals surface area contributed by atoms with E-state index in [2.05, 4.69) is 11.4 Å². The number of alkyl carbamates (subject to hydrolysis) is 1. The number of pyridine rings is 2. The molecule has 8 nitrogen and oxygen atoms in total. The fourth-order valence-corrected chi connectivity index (χ4v) is 5.56. The normalized spacial score (nSPS) is 17.2. The highest BCUT2D eigenvalue weighted by atomic mass is 16.6. The van der Waals surface area contributed by atoms with Crippen LogP contribution in [0.25, 0.3) is 38.9 Å². The minimum absolute atomic E-state index is 0.0169. The first kappa shape index (κ1) is 27.6. The van der Waals surface area contributed by atoms with Crippen molar-refractivity contribution in [2.24, 2.45) is 0 Å². The molecule has 3 aromatic heterocycles. The molecular formula is C34H36N3O5+. The van der Waals surface area contributed by atoms with Crippen LogP contribution in [-0.2, 0) is 4.74 Å². The summed E-state index contributed by atoms with van der Waals surface area (Å²) in [5, 5.41) is 5.82. The maximum atomic E-state index is 12.2. The zero-order valence-electron chi connectivity index (χ0n) is 24.4. The van der Waals surface area contributed by atoms with Crippen molar-refractivity contribution >= 4 is 27.8 Å². The summed E-state index contributed by atoms with van der Waals surface area (Å²) in [7, 11) is 1.67. The number of hydrogen-bond acceptors (Lipinski definition) is 6. The molecule has 42 heavy (non-hydrogen) atoms. The van der Waals surface area contributed by atoms with Gasteiger partial charge in [0.2, 0.25) is 0 Å². The number of hydrogen-bond donors (Lipinski definition) is 1. The maximum Gasteiger partial charge on any atom is 0.407 e. The van der Waals surface area contributed by atoms with Crippen molar-refractivity contribution in [1.82, 2.24) is 10.3 Å². The highest BCUT2D eigenvalue weighted by molar-refractivity contribution is 6.03. The number of fused-ring (bicyclic) bond motifs is 2. The minimum atomic E-state index is -0.519. The Morgan fingerprint density at radius 1 is 1.00 bits per heavy atom. The molecule has 0 saturated heterocycles. The van der Waals surface area contributed by atoms with Crippen molar-refractivity contribution in [1.29, 1.82) is 0 Å². The number of nitrogens with one attached hydrogen (secondary N) is 1. The maximum absolute atomic E-state index is 12.2. The second-order valence-electron chi connectivity index (χ2n) is 11.7. The molecule has 2 aromatic carbocycles. The summed E-state index contributed by atoms with van der Waals surface area (Å²) in [5.41, 5.74) is 1.16. The van der Waals surface area contributed by atoms with Crippen molar-refractivity contribution in [3.05, 3.63) is 79.3 Å². The minimum Gasteiger partial charge on any atom is -0.496 e. The number of benzene rings is 2. The lowest BCUT2D eigenvalue weighted by Gasteiger charge is -2.30. The van der Waals surface area contributed by atoms with Crippen LogP contribution in [-0.4, -0.2) is 35.9 Å². The topological polar surface area (TPSA) is 86.7 Å². The van der Waals surface area contributed by atoms with Gasteiger partial charge < -0.3 is 23.9 Å². The Balaban J connectivity index is 1.33. The first-order valence-corrected chi connectivity index (χ1v) is 14.4. The summed E-state index contributed by atoms with van der Waals surface area (Å²) in [5.74, 6) is 2.86. The van der Waals surface area contributed by atoms with Crippen LogP contribution in [0.4, 0.5) is 4.79 Å². The first-order valence-electron chi connectivity index (χ1n) is 14.4. The zero-order chi connectivity index (χ0) is 29.3. The second kappa shape index (κ2) is 11.4. The Labute approximate surface area is 245 Å². The number of aromatic nitrogens is 2. The van der Waals surface area contributed by atoms with E-state index in [1.54, 1.807) is 7.11 Å². The monoisotopic (exact) mass is 566 g/mol. The molecule has 1 fully saturated rings. The highest BCUT2D eigenvalue weighted by Crippen LogP contribution is 2.40. The number of carbonyl (C=O) groups excluding carboxylic acids is 1. The standard InChI is InChI=1S/C34H35N3O5/c1-34(2,3)42-33(38)36-23-12-14-24(15-13-23)40-25-19-26-27(29-18-22-10-6-7-11-28(22)41-29)21-35-32(31(26)30(20-25)39-4)37-16-8-5-9-17-37/h5-11,16-21,23-24H,12-15H2,1-4H3/p+1. The molecule has 216 valence electrons. The number of furan rings is 1. The molecule has 1 aliphatic carbocycles. The van der Waals surface area contributed by atoms with Gasteiger partial charge in [-0.25, -0.2) is 9.36 Å². The van der Waals surface area contributed by atoms with Gasteiger partial charge in [0.25, 0.3) is 0 Å². The van der Waals surface area contributed by atoms with E-state index in [9.17, 15) is 4.79 Å². The number of methoxy groups -OCH3 is 1. The van der Waals surface area contributed by atoms with E-state index in [0.29, 0.717) is 5.75 Å². The molecule has 5 aromatic rings. The van der Waals surface area contributed by atoms with Crippen molar-refractivity contribution in [2.45, 2.75) is 64.2 Å². The molecule has 1 aliphatic rings. The number of ether oxygens (including phenoxy) is 3. The van der Waals surface area contributed by atoms with E-state index in [0.717, 1.165) is 70.3 Å². The summed E-state index contributed by atoms with van der Waals surface area (Å²) >= 11 is 0. The van der Waals surface area contributed by atoms with Crippen LogP contribution >= 0.6 is 0 Å². The summed E-state index contributed by atoms with van der Waals surface area (Å²) in [4.78, 5) is 17.1. The largest absolute Gasteiger partial charge is 0.496 e. The second-order valence-corrected chi connectivity index (χ2v) is 11.7. The van der Waals surface area contributed by atoms with E-state index < -0.39 is 5.60 Å². The smallest absolute Gasteiger partial charge is 0.407 e. The number of carbonyl (C=O) groups is 1. The van der Waals surface area contributed by atoms with Crippen LogP contribution in [0.3, 0.4) is 0 Å². The molecule has 0 atom stereocenters. The van der Waals surface area contributed by atoms with Crippen LogP contribution in [0.2, 0.25) is 0 Å². The van der Waals surface area contributed by atoms with Crippen molar-refractivity contribution in [2.75, 3.05) is 7.11 Å². The Bertz CT molecular complexity index is 1680. The Hall–Kier alpha value is -4.59. The Kier molecular flexibility index (Phi) is 7.45. The average Bonchev–Trinajstić information content (AvgIpc) is 3.41. The van der Waals surface area contributed by atoms with Gasteiger partial charge in [0, 0.05) is 22.9 Å². The summed E-state index contributed by atoms with van der Waals surface area (Å²) in [6.07, 6.45) is 8.71. The van der Waals surface area contributed by atoms with Crippen LogP contribution in [0, 0.1) is 0 Å². The van der Waals surface area contributed by atoms with Gasteiger partial charge in [0.1, 0.15) is 33.8 Å². The lowest BCUT2D eigenvalue weighted by molar-refractivity contribution is -0.598. The number of para-hydroxylation sites is 1. The van der Waals surface area contributed by atoms with Gasteiger partial charge in [-0.15, -0.1) is 0 Å². The quantitative estimate of drug-likeness (QED) is 0.220. The lowest BCUT2D eigenvalue weighted by Crippen LogP contribution is -2.42. The molecule has 8 heteroatoms. The van der Waals surface area contributed by atoms with Gasteiger partial charge in [-0.05, 0) is 81.8 Å². The molecule has 0 aliphatic heterocycles. The molecule has 1 saturated carbocycles. The molecule has 0 bridgehead atoms. The van der Waals surface area contributed by atoms with Crippen molar-refractivity contribution < 1.29 is 28.0 Å². The first-order chi connectivity index (χ1) is 20.3. The fraction of sp³-hybridized carbons (Fsp3) is 0.324. The third kappa shape index (κ3) is 5.88. The molecule has 1 N–H and O–H groups in total. The van der Waals surface area contributed by atoms with Gasteiger partial charge in [-0.3, -0.25) is 0 Å². The molecule has 3 heterocycles. The molecule has 0 unspecified atom stereocenters. The van der Waals surface area contributed by atoms with E-state index in [4.69, 9.17) is 23.6 Å². The van der Waals surface area contributed by atoms with Crippen molar-refractivity contribution in [3.63, 3.8) is 0 Å². The predicted molar refractivity (Wildman–Crippen MR) is 161 cm³/mol. The summed E-state index contributed by atoms with van der Waals surface area (Å²) in [6, 6.07) is 20.0. The third-order valence-corrected chi connectivity index (χ3v) is 7.47. The van der Waals surface area contributed by atoms with Crippen LogP contribution in [0.5, 0.6) is 11.5 Å². The number of rotatable bonds is 6. The summed E-state index contributed by atoms with van der Waals surface area (Å²) in [6.45, 7) is 5.60. The zero-order valence-corrected chi connectivity index (χ0v) is 24.4. The molecule has 6 rings (SSSR count).